The fourth-order valence-corrected chi connectivity index (χ4v) is 4.46. The Kier molecular flexibility index (Phi) is 8.88. The van der Waals surface area contributed by atoms with Gasteiger partial charge in [-0.05, 0) is 62.3 Å². The maximum absolute atomic E-state index is 12.5. The highest BCUT2D eigenvalue weighted by Crippen LogP contribution is 2.29. The van der Waals surface area contributed by atoms with E-state index in [2.05, 4.69) is 22.8 Å². The van der Waals surface area contributed by atoms with Crippen molar-refractivity contribution in [2.45, 2.75) is 76.2 Å². The van der Waals surface area contributed by atoms with Gasteiger partial charge in [-0.2, -0.15) is 0 Å². The molecule has 2 fully saturated rings. The number of hydrogen-bond donors (Lipinski definition) is 3. The van der Waals surface area contributed by atoms with Gasteiger partial charge in [0.25, 0.3) is 0 Å². The van der Waals surface area contributed by atoms with E-state index in [9.17, 15) is 14.4 Å². The number of nitrogens with zero attached hydrogens (tertiary/aromatic N) is 1. The third kappa shape index (κ3) is 7.06. The van der Waals surface area contributed by atoms with Gasteiger partial charge in [0.15, 0.2) is 0 Å². The highest BCUT2D eigenvalue weighted by Gasteiger charge is 2.27. The first-order valence-electron chi connectivity index (χ1n) is 11.7. The minimum Gasteiger partial charge on any atom is -0.374 e. The highest BCUT2D eigenvalue weighted by molar-refractivity contribution is 6.01. The van der Waals surface area contributed by atoms with Crippen LogP contribution >= 0.6 is 0 Å². The highest BCUT2D eigenvalue weighted by atomic mass is 16.2. The van der Waals surface area contributed by atoms with Crippen molar-refractivity contribution in [2.24, 2.45) is 5.73 Å². The van der Waals surface area contributed by atoms with Gasteiger partial charge in [-0.1, -0.05) is 31.4 Å². The third-order valence-corrected chi connectivity index (χ3v) is 6.40. The quantitative estimate of drug-likeness (QED) is 0.393. The minimum atomic E-state index is -0.363. The van der Waals surface area contributed by atoms with Crippen molar-refractivity contribution in [3.05, 3.63) is 29.8 Å². The number of carbonyl (C=O) groups is 3. The van der Waals surface area contributed by atoms with E-state index in [0.29, 0.717) is 31.1 Å². The van der Waals surface area contributed by atoms with E-state index in [1.807, 2.05) is 17.0 Å². The molecule has 0 radical (unpaired) electrons. The second-order valence-electron chi connectivity index (χ2n) is 8.73. The summed E-state index contributed by atoms with van der Waals surface area (Å²) in [4.78, 5) is 37.6. The molecule has 2 saturated heterocycles. The lowest BCUT2D eigenvalue weighted by Gasteiger charge is -2.32. The fourth-order valence-electron chi connectivity index (χ4n) is 4.46. The van der Waals surface area contributed by atoms with E-state index < -0.39 is 0 Å². The van der Waals surface area contributed by atoms with Crippen LogP contribution < -0.4 is 16.4 Å². The molecule has 2 aliphatic rings. The number of carbonyl (C=O) groups excluding carboxylic acids is 3. The zero-order valence-corrected chi connectivity index (χ0v) is 18.4. The van der Waals surface area contributed by atoms with E-state index in [-0.39, 0.29) is 17.9 Å². The Bertz CT molecular complexity index is 742. The van der Waals surface area contributed by atoms with Crippen LogP contribution in [0.15, 0.2) is 24.3 Å². The van der Waals surface area contributed by atoms with E-state index in [0.717, 1.165) is 63.8 Å². The molecule has 0 aromatic heterocycles. The summed E-state index contributed by atoms with van der Waals surface area (Å²) in [6.45, 7) is 2.41. The first kappa shape index (κ1) is 23.3. The average molecular weight is 429 g/mol. The number of unbranched alkanes of at least 4 members (excludes halogenated alkanes) is 4. The molecule has 7 heteroatoms. The molecule has 7 nitrogen and oxygen atoms in total. The number of benzene rings is 1. The number of nitrogens with two attached hydrogens (primary N) is 1. The fraction of sp³-hybridized carbons (Fsp3) is 0.625. The Balaban J connectivity index is 1.39. The van der Waals surface area contributed by atoms with Crippen LogP contribution in [-0.2, 0) is 14.4 Å². The standard InChI is InChI=1S/C24H36N4O3/c25-15-5-3-1-2-4-6-23(30)28-16-13-19(14-17-28)18-7-9-20(10-8-18)26-21-11-12-22(29)27-24(21)31/h7-10,19,21,26H,1-6,11-17,25H2,(H,27,29,31). The van der Waals surface area contributed by atoms with Crippen molar-refractivity contribution in [2.75, 3.05) is 25.0 Å². The van der Waals surface area contributed by atoms with Crippen molar-refractivity contribution >= 4 is 23.4 Å². The van der Waals surface area contributed by atoms with Crippen molar-refractivity contribution in [1.29, 1.82) is 0 Å². The molecule has 2 heterocycles. The van der Waals surface area contributed by atoms with Crippen molar-refractivity contribution in [3.63, 3.8) is 0 Å². The Labute approximate surface area is 185 Å². The van der Waals surface area contributed by atoms with Gasteiger partial charge in [0.05, 0.1) is 0 Å². The molecule has 3 rings (SSSR count). The van der Waals surface area contributed by atoms with Gasteiger partial charge in [0, 0.05) is 31.6 Å². The number of likely N-dealkylation sites (tertiary alicyclic amines) is 1. The van der Waals surface area contributed by atoms with Crippen molar-refractivity contribution in [3.8, 4) is 0 Å². The number of imide groups is 1. The molecule has 1 aromatic rings. The van der Waals surface area contributed by atoms with Crippen LogP contribution in [0.25, 0.3) is 0 Å². The molecule has 31 heavy (non-hydrogen) atoms. The summed E-state index contributed by atoms with van der Waals surface area (Å²) in [6, 6.07) is 7.86. The summed E-state index contributed by atoms with van der Waals surface area (Å²) in [5.41, 5.74) is 7.67. The summed E-state index contributed by atoms with van der Waals surface area (Å²) in [5.74, 6) is 0.296. The Hall–Kier alpha value is -2.41. The molecule has 170 valence electrons. The lowest BCUT2D eigenvalue weighted by atomic mass is 9.89. The first-order valence-corrected chi connectivity index (χ1v) is 11.7. The second-order valence-corrected chi connectivity index (χ2v) is 8.73. The van der Waals surface area contributed by atoms with Gasteiger partial charge in [-0.25, -0.2) is 0 Å². The van der Waals surface area contributed by atoms with Crippen LogP contribution in [0.1, 0.15) is 75.7 Å². The Morgan fingerprint density at radius 2 is 1.68 bits per heavy atom. The Morgan fingerprint density at radius 3 is 2.35 bits per heavy atom. The molecule has 0 aliphatic carbocycles. The predicted octanol–water partition coefficient (Wildman–Crippen LogP) is 2.91. The maximum Gasteiger partial charge on any atom is 0.249 e. The molecule has 2 aliphatic heterocycles. The average Bonchev–Trinajstić information content (AvgIpc) is 2.78. The molecular weight excluding hydrogens is 392 g/mol. The topological polar surface area (TPSA) is 105 Å². The summed E-state index contributed by atoms with van der Waals surface area (Å²) < 4.78 is 0. The lowest BCUT2D eigenvalue weighted by molar-refractivity contribution is -0.134. The number of rotatable bonds is 10. The van der Waals surface area contributed by atoms with Gasteiger partial charge < -0.3 is 16.0 Å². The number of nitrogens with one attached hydrogen (secondary N) is 2. The van der Waals surface area contributed by atoms with Crippen LogP contribution in [0.3, 0.4) is 0 Å². The predicted molar refractivity (Wildman–Crippen MR) is 122 cm³/mol. The van der Waals surface area contributed by atoms with Gasteiger partial charge >= 0.3 is 0 Å². The molecule has 0 bridgehead atoms. The molecular formula is C24H36N4O3. The molecule has 1 aromatic carbocycles. The summed E-state index contributed by atoms with van der Waals surface area (Å²) in [7, 11) is 0. The molecule has 0 spiro atoms. The third-order valence-electron chi connectivity index (χ3n) is 6.40. The number of hydrogen-bond acceptors (Lipinski definition) is 5. The number of anilines is 1. The largest absolute Gasteiger partial charge is 0.374 e. The van der Waals surface area contributed by atoms with Crippen LogP contribution in [0, 0.1) is 0 Å². The smallest absolute Gasteiger partial charge is 0.249 e. The van der Waals surface area contributed by atoms with Crippen LogP contribution in [0.4, 0.5) is 5.69 Å². The monoisotopic (exact) mass is 428 g/mol. The molecule has 1 atom stereocenters. The summed E-state index contributed by atoms with van der Waals surface area (Å²) in [6.07, 6.45) is 9.03. The van der Waals surface area contributed by atoms with Crippen molar-refractivity contribution < 1.29 is 14.4 Å². The van der Waals surface area contributed by atoms with Gasteiger partial charge in [0.1, 0.15) is 6.04 Å². The summed E-state index contributed by atoms with van der Waals surface area (Å²) >= 11 is 0. The molecule has 3 amide bonds. The minimum absolute atomic E-state index is 0.203. The molecule has 0 saturated carbocycles. The summed E-state index contributed by atoms with van der Waals surface area (Å²) in [5, 5.41) is 5.59. The molecule has 1 unspecified atom stereocenters. The Morgan fingerprint density at radius 1 is 1.00 bits per heavy atom. The van der Waals surface area contributed by atoms with E-state index in [1.165, 1.54) is 12.0 Å². The van der Waals surface area contributed by atoms with E-state index in [1.54, 1.807) is 0 Å². The normalized spacial score (nSPS) is 19.9. The number of amides is 3. The maximum atomic E-state index is 12.5. The first-order chi connectivity index (χ1) is 15.1. The zero-order chi connectivity index (χ0) is 22.1. The second kappa shape index (κ2) is 11.8. The van der Waals surface area contributed by atoms with Gasteiger partial charge in [0.2, 0.25) is 17.7 Å². The van der Waals surface area contributed by atoms with E-state index in [4.69, 9.17) is 5.73 Å². The van der Waals surface area contributed by atoms with Crippen molar-refractivity contribution in [1.82, 2.24) is 10.2 Å². The van der Waals surface area contributed by atoms with Crippen LogP contribution in [0.2, 0.25) is 0 Å². The van der Waals surface area contributed by atoms with Crippen LogP contribution in [0.5, 0.6) is 0 Å². The van der Waals surface area contributed by atoms with Gasteiger partial charge in [-0.15, -0.1) is 0 Å². The zero-order valence-electron chi connectivity index (χ0n) is 18.4. The number of piperidine rings is 2. The SMILES string of the molecule is NCCCCCCCC(=O)N1CCC(c2ccc(NC3CCC(=O)NC3=O)cc2)CC1. The molecule has 4 N–H and O–H groups in total. The lowest BCUT2D eigenvalue weighted by Crippen LogP contribution is -2.47. The van der Waals surface area contributed by atoms with Crippen LogP contribution in [-0.4, -0.2) is 48.3 Å². The van der Waals surface area contributed by atoms with E-state index >= 15 is 0 Å². The van der Waals surface area contributed by atoms with Gasteiger partial charge in [-0.3, -0.25) is 19.7 Å².